The number of hydrogen-bond donors (Lipinski definition) is 1. The average molecular weight is 316 g/mol. The number of rotatable bonds is 4. The molecule has 1 atom stereocenters. The van der Waals surface area contributed by atoms with Gasteiger partial charge in [-0.2, -0.15) is 26.3 Å². The van der Waals surface area contributed by atoms with E-state index in [1.165, 1.54) is 0 Å². The Kier molecular flexibility index (Phi) is 4.69. The van der Waals surface area contributed by atoms with Gasteiger partial charge >= 0.3 is 12.4 Å². The molecule has 0 radical (unpaired) electrons. The van der Waals surface area contributed by atoms with Crippen molar-refractivity contribution in [2.75, 3.05) is 5.32 Å². The van der Waals surface area contributed by atoms with Gasteiger partial charge in [0.25, 0.3) is 5.69 Å². The molecule has 118 valence electrons. The molecule has 0 aliphatic carbocycles. The third-order valence-corrected chi connectivity index (χ3v) is 2.46. The molecule has 0 spiro atoms. The summed E-state index contributed by atoms with van der Waals surface area (Å²) in [6, 6.07) is 0.368. The molecule has 0 saturated heterocycles. The summed E-state index contributed by atoms with van der Waals surface area (Å²) in [6.07, 6.45) is -10.5. The standard InChI is InChI=1S/C11H10F6N2O2/c1-6(5-10(12,13)14)18-8-3-2-7(11(15,16)17)4-9(8)19(20)21/h2-4,6,18H,5H2,1H3. The average Bonchev–Trinajstić information content (AvgIpc) is 2.24. The van der Waals surface area contributed by atoms with E-state index in [1.54, 1.807) is 0 Å². The molecule has 10 heteroatoms. The van der Waals surface area contributed by atoms with Crippen LogP contribution in [-0.4, -0.2) is 17.1 Å². The van der Waals surface area contributed by atoms with E-state index in [9.17, 15) is 36.5 Å². The minimum Gasteiger partial charge on any atom is -0.377 e. The first-order valence-corrected chi connectivity index (χ1v) is 5.59. The zero-order chi connectivity index (χ0) is 16.4. The predicted octanol–water partition coefficient (Wildman–Crippen LogP) is 4.37. The monoisotopic (exact) mass is 316 g/mol. The van der Waals surface area contributed by atoms with Crippen LogP contribution in [0.1, 0.15) is 18.9 Å². The Balaban J connectivity index is 3.05. The first-order chi connectivity index (χ1) is 9.40. The second-order valence-corrected chi connectivity index (χ2v) is 4.35. The Morgan fingerprint density at radius 2 is 1.81 bits per heavy atom. The lowest BCUT2D eigenvalue weighted by molar-refractivity contribution is -0.384. The lowest BCUT2D eigenvalue weighted by atomic mass is 10.1. The molecule has 0 aromatic heterocycles. The van der Waals surface area contributed by atoms with Crippen molar-refractivity contribution in [2.45, 2.75) is 31.7 Å². The van der Waals surface area contributed by atoms with Crippen molar-refractivity contribution in [3.8, 4) is 0 Å². The number of alkyl halides is 6. The van der Waals surface area contributed by atoms with Gasteiger partial charge in [0.1, 0.15) is 5.69 Å². The van der Waals surface area contributed by atoms with Crippen LogP contribution in [0.4, 0.5) is 37.7 Å². The summed E-state index contributed by atoms with van der Waals surface area (Å²) < 4.78 is 73.9. The van der Waals surface area contributed by atoms with E-state index >= 15 is 0 Å². The van der Waals surface area contributed by atoms with Crippen LogP contribution >= 0.6 is 0 Å². The number of anilines is 1. The first-order valence-electron chi connectivity index (χ1n) is 5.59. The molecule has 0 fully saturated rings. The summed E-state index contributed by atoms with van der Waals surface area (Å²) in [6.45, 7) is 1.12. The molecule has 1 aromatic carbocycles. The Labute approximate surface area is 114 Å². The van der Waals surface area contributed by atoms with E-state index in [0.717, 1.165) is 13.0 Å². The number of nitrogens with zero attached hydrogens (tertiary/aromatic N) is 1. The molecule has 0 heterocycles. The fourth-order valence-corrected chi connectivity index (χ4v) is 1.64. The van der Waals surface area contributed by atoms with E-state index in [1.807, 2.05) is 0 Å². The molecule has 21 heavy (non-hydrogen) atoms. The summed E-state index contributed by atoms with van der Waals surface area (Å²) in [5, 5.41) is 12.9. The Morgan fingerprint density at radius 1 is 1.24 bits per heavy atom. The van der Waals surface area contributed by atoms with E-state index in [2.05, 4.69) is 5.32 Å². The van der Waals surface area contributed by atoms with Crippen LogP contribution in [-0.2, 0) is 6.18 Å². The maximum Gasteiger partial charge on any atom is 0.416 e. The molecule has 1 unspecified atom stereocenters. The fraction of sp³-hybridized carbons (Fsp3) is 0.455. The van der Waals surface area contributed by atoms with E-state index in [-0.39, 0.29) is 6.07 Å². The van der Waals surface area contributed by atoms with Crippen LogP contribution in [0.25, 0.3) is 0 Å². The minimum absolute atomic E-state index is 0.280. The van der Waals surface area contributed by atoms with Gasteiger partial charge in [-0.3, -0.25) is 10.1 Å². The van der Waals surface area contributed by atoms with Crippen LogP contribution in [0.15, 0.2) is 18.2 Å². The smallest absolute Gasteiger partial charge is 0.377 e. The van der Waals surface area contributed by atoms with Crippen LogP contribution in [0, 0.1) is 10.1 Å². The van der Waals surface area contributed by atoms with Crippen molar-refractivity contribution in [2.24, 2.45) is 0 Å². The fourth-order valence-electron chi connectivity index (χ4n) is 1.64. The van der Waals surface area contributed by atoms with Crippen LogP contribution in [0.3, 0.4) is 0 Å². The first kappa shape index (κ1) is 17.1. The Hall–Kier alpha value is -2.00. The summed E-state index contributed by atoms with van der Waals surface area (Å²) in [7, 11) is 0. The minimum atomic E-state index is -4.78. The van der Waals surface area contributed by atoms with Crippen LogP contribution < -0.4 is 5.32 Å². The number of nitro groups is 1. The highest BCUT2D eigenvalue weighted by Crippen LogP contribution is 2.35. The van der Waals surface area contributed by atoms with Gasteiger partial charge in [-0.15, -0.1) is 0 Å². The van der Waals surface area contributed by atoms with E-state index in [4.69, 9.17) is 0 Å². The highest BCUT2D eigenvalue weighted by atomic mass is 19.4. The molecular weight excluding hydrogens is 306 g/mol. The Bertz CT molecular complexity index is 526. The molecule has 0 bridgehead atoms. The summed E-state index contributed by atoms with van der Waals surface area (Å²) in [5.74, 6) is 0. The van der Waals surface area contributed by atoms with Crippen LogP contribution in [0.2, 0.25) is 0 Å². The van der Waals surface area contributed by atoms with Gasteiger partial charge in [0.2, 0.25) is 0 Å². The molecule has 0 amide bonds. The summed E-state index contributed by atoms with van der Waals surface area (Å²) in [4.78, 5) is 9.66. The summed E-state index contributed by atoms with van der Waals surface area (Å²) in [5.41, 5.74) is -2.58. The van der Waals surface area contributed by atoms with Gasteiger partial charge in [0.15, 0.2) is 0 Å². The number of nitro benzene ring substituents is 1. The third kappa shape index (κ3) is 5.12. The van der Waals surface area contributed by atoms with Crippen molar-refractivity contribution in [1.29, 1.82) is 0 Å². The number of halogens is 6. The SMILES string of the molecule is CC(CC(F)(F)F)Nc1ccc(C(F)(F)F)cc1[N+](=O)[O-]. The maximum atomic E-state index is 12.5. The van der Waals surface area contributed by atoms with Crippen molar-refractivity contribution < 1.29 is 31.3 Å². The zero-order valence-corrected chi connectivity index (χ0v) is 10.5. The third-order valence-electron chi connectivity index (χ3n) is 2.46. The number of nitrogens with one attached hydrogen (secondary N) is 1. The second kappa shape index (κ2) is 5.78. The molecule has 0 aliphatic heterocycles. The second-order valence-electron chi connectivity index (χ2n) is 4.35. The predicted molar refractivity (Wildman–Crippen MR) is 61.9 cm³/mol. The van der Waals surface area contributed by atoms with Crippen molar-refractivity contribution in [1.82, 2.24) is 0 Å². The lowest BCUT2D eigenvalue weighted by Gasteiger charge is -2.17. The number of hydrogen-bond acceptors (Lipinski definition) is 3. The van der Waals surface area contributed by atoms with Gasteiger partial charge in [-0.1, -0.05) is 0 Å². The number of benzene rings is 1. The normalized spacial score (nSPS) is 13.9. The van der Waals surface area contributed by atoms with Gasteiger partial charge in [-0.25, -0.2) is 0 Å². The van der Waals surface area contributed by atoms with Gasteiger partial charge in [0, 0.05) is 12.1 Å². The van der Waals surface area contributed by atoms with E-state index in [0.29, 0.717) is 6.07 Å². The maximum absolute atomic E-state index is 12.5. The molecule has 4 nitrogen and oxygen atoms in total. The van der Waals surface area contributed by atoms with E-state index < -0.39 is 46.7 Å². The molecule has 0 aliphatic rings. The van der Waals surface area contributed by atoms with Gasteiger partial charge in [-0.05, 0) is 19.1 Å². The van der Waals surface area contributed by atoms with Crippen molar-refractivity contribution >= 4 is 11.4 Å². The zero-order valence-electron chi connectivity index (χ0n) is 10.5. The van der Waals surface area contributed by atoms with Crippen molar-refractivity contribution in [3.05, 3.63) is 33.9 Å². The highest BCUT2D eigenvalue weighted by Gasteiger charge is 2.34. The van der Waals surface area contributed by atoms with Crippen LogP contribution in [0.5, 0.6) is 0 Å². The molecular formula is C11H10F6N2O2. The summed E-state index contributed by atoms with van der Waals surface area (Å²) >= 11 is 0. The van der Waals surface area contributed by atoms with Gasteiger partial charge in [0.05, 0.1) is 16.9 Å². The van der Waals surface area contributed by atoms with Gasteiger partial charge < -0.3 is 5.32 Å². The molecule has 1 rings (SSSR count). The Morgan fingerprint density at radius 3 is 2.24 bits per heavy atom. The highest BCUT2D eigenvalue weighted by molar-refractivity contribution is 5.63. The topological polar surface area (TPSA) is 55.2 Å². The molecule has 0 saturated carbocycles. The molecule has 1 N–H and O–H groups in total. The quantitative estimate of drug-likeness (QED) is 0.510. The lowest BCUT2D eigenvalue weighted by Crippen LogP contribution is -2.24. The van der Waals surface area contributed by atoms with Crippen molar-refractivity contribution in [3.63, 3.8) is 0 Å². The molecule has 1 aromatic rings. The largest absolute Gasteiger partial charge is 0.416 e.